The molecule has 0 spiro atoms. The maximum Gasteiger partial charge on any atom is 0.255 e. The molecule has 0 aromatic heterocycles. The van der Waals surface area contributed by atoms with E-state index in [1.807, 2.05) is 61.5 Å². The number of carbonyl (C=O) groups excluding carboxylic acids is 1. The van der Waals surface area contributed by atoms with Crippen molar-refractivity contribution in [3.63, 3.8) is 0 Å². The summed E-state index contributed by atoms with van der Waals surface area (Å²) in [4.78, 5) is 12.6. The first-order valence-corrected chi connectivity index (χ1v) is 9.43. The Hall–Kier alpha value is -2.78. The van der Waals surface area contributed by atoms with E-state index in [0.717, 1.165) is 28.9 Å². The highest BCUT2D eigenvalue weighted by molar-refractivity contribution is 6.31. The van der Waals surface area contributed by atoms with E-state index in [0.29, 0.717) is 17.1 Å². The van der Waals surface area contributed by atoms with Crippen molar-refractivity contribution in [2.75, 3.05) is 10.6 Å². The van der Waals surface area contributed by atoms with Crippen LogP contribution in [-0.2, 0) is 13.0 Å². The third kappa shape index (κ3) is 4.69. The molecule has 27 heavy (non-hydrogen) atoms. The fraction of sp³-hybridized carbons (Fsp3) is 0.174. The maximum absolute atomic E-state index is 12.6. The topological polar surface area (TPSA) is 41.1 Å². The van der Waals surface area contributed by atoms with Crippen molar-refractivity contribution in [3.05, 3.63) is 94.0 Å². The largest absolute Gasteiger partial charge is 0.381 e. The number of amides is 1. The number of benzene rings is 3. The summed E-state index contributed by atoms with van der Waals surface area (Å²) in [5.41, 5.74) is 5.68. The average molecular weight is 379 g/mol. The summed E-state index contributed by atoms with van der Waals surface area (Å²) >= 11 is 6.13. The van der Waals surface area contributed by atoms with Crippen LogP contribution in [0.2, 0.25) is 5.02 Å². The number of para-hydroxylation sites is 1. The number of hydrogen-bond acceptors (Lipinski definition) is 2. The van der Waals surface area contributed by atoms with Crippen molar-refractivity contribution in [3.8, 4) is 0 Å². The Balaban J connectivity index is 1.71. The maximum atomic E-state index is 12.6. The van der Waals surface area contributed by atoms with Crippen LogP contribution in [0.1, 0.15) is 34.0 Å². The number of rotatable bonds is 6. The second kappa shape index (κ2) is 8.74. The second-order valence-electron chi connectivity index (χ2n) is 6.43. The Bertz CT molecular complexity index is 953. The lowest BCUT2D eigenvalue weighted by molar-refractivity contribution is 0.102. The molecule has 0 radical (unpaired) electrons. The fourth-order valence-electron chi connectivity index (χ4n) is 2.96. The van der Waals surface area contributed by atoms with Gasteiger partial charge in [0, 0.05) is 28.5 Å². The van der Waals surface area contributed by atoms with Gasteiger partial charge in [-0.2, -0.15) is 0 Å². The van der Waals surface area contributed by atoms with Gasteiger partial charge in [-0.25, -0.2) is 0 Å². The van der Waals surface area contributed by atoms with Gasteiger partial charge in [-0.3, -0.25) is 4.79 Å². The van der Waals surface area contributed by atoms with Crippen molar-refractivity contribution >= 4 is 28.9 Å². The number of aryl methyl sites for hydroxylation is 1. The van der Waals surface area contributed by atoms with Gasteiger partial charge in [0.25, 0.3) is 5.91 Å². The number of hydrogen-bond donors (Lipinski definition) is 2. The quantitative estimate of drug-likeness (QED) is 0.546. The summed E-state index contributed by atoms with van der Waals surface area (Å²) < 4.78 is 0. The Morgan fingerprint density at radius 3 is 2.52 bits per heavy atom. The van der Waals surface area contributed by atoms with Crippen LogP contribution in [-0.4, -0.2) is 5.91 Å². The van der Waals surface area contributed by atoms with E-state index >= 15 is 0 Å². The van der Waals surface area contributed by atoms with E-state index in [1.54, 1.807) is 0 Å². The van der Waals surface area contributed by atoms with Crippen LogP contribution in [0.25, 0.3) is 0 Å². The van der Waals surface area contributed by atoms with Crippen LogP contribution in [0.3, 0.4) is 0 Å². The molecule has 0 aliphatic rings. The number of anilines is 2. The van der Waals surface area contributed by atoms with E-state index in [2.05, 4.69) is 29.7 Å². The van der Waals surface area contributed by atoms with Gasteiger partial charge in [0.15, 0.2) is 0 Å². The first-order valence-electron chi connectivity index (χ1n) is 9.05. The fourth-order valence-corrected chi connectivity index (χ4v) is 3.13. The summed E-state index contributed by atoms with van der Waals surface area (Å²) in [6.45, 7) is 4.70. The molecule has 0 unspecified atom stereocenters. The van der Waals surface area contributed by atoms with E-state index in [9.17, 15) is 4.79 Å². The average Bonchev–Trinajstić information content (AvgIpc) is 2.70. The molecule has 1 amide bonds. The molecular weight excluding hydrogens is 356 g/mol. The molecule has 3 aromatic rings. The minimum Gasteiger partial charge on any atom is -0.381 e. The lowest BCUT2D eigenvalue weighted by atomic mass is 10.1. The highest BCUT2D eigenvalue weighted by Gasteiger charge is 2.10. The van der Waals surface area contributed by atoms with Crippen molar-refractivity contribution in [2.24, 2.45) is 0 Å². The third-order valence-corrected chi connectivity index (χ3v) is 5.00. The highest BCUT2D eigenvalue weighted by Crippen LogP contribution is 2.23. The number of nitrogens with one attached hydrogen (secondary N) is 2. The van der Waals surface area contributed by atoms with Crippen LogP contribution in [0, 0.1) is 6.92 Å². The molecule has 2 N–H and O–H groups in total. The molecule has 4 heteroatoms. The van der Waals surface area contributed by atoms with Crippen molar-refractivity contribution in [1.29, 1.82) is 0 Å². The minimum atomic E-state index is -0.142. The third-order valence-electron chi connectivity index (χ3n) is 4.59. The molecule has 0 atom stereocenters. The summed E-state index contributed by atoms with van der Waals surface area (Å²) in [6.07, 6.45) is 0.977. The lowest BCUT2D eigenvalue weighted by Crippen LogP contribution is -2.13. The monoisotopic (exact) mass is 378 g/mol. The predicted molar refractivity (Wildman–Crippen MR) is 114 cm³/mol. The van der Waals surface area contributed by atoms with Crippen LogP contribution in [0.15, 0.2) is 66.7 Å². The Morgan fingerprint density at radius 1 is 0.963 bits per heavy atom. The molecule has 138 valence electrons. The molecule has 0 saturated carbocycles. The molecule has 0 fully saturated rings. The molecule has 0 saturated heterocycles. The summed E-state index contributed by atoms with van der Waals surface area (Å²) in [6, 6.07) is 21.4. The molecule has 0 bridgehead atoms. The summed E-state index contributed by atoms with van der Waals surface area (Å²) in [5.74, 6) is -0.142. The number of carbonyl (C=O) groups is 1. The highest BCUT2D eigenvalue weighted by atomic mass is 35.5. The van der Waals surface area contributed by atoms with Gasteiger partial charge in [-0.15, -0.1) is 0 Å². The normalized spacial score (nSPS) is 10.5. The SMILES string of the molecule is CCc1ccccc1NCc1cccc(C(=O)Nc2cccc(Cl)c2C)c1. The zero-order chi connectivity index (χ0) is 19.2. The van der Waals surface area contributed by atoms with Gasteiger partial charge < -0.3 is 10.6 Å². The molecule has 0 heterocycles. The smallest absolute Gasteiger partial charge is 0.255 e. The zero-order valence-electron chi connectivity index (χ0n) is 15.6. The van der Waals surface area contributed by atoms with E-state index in [-0.39, 0.29) is 5.91 Å². The van der Waals surface area contributed by atoms with Gasteiger partial charge in [0.1, 0.15) is 0 Å². The van der Waals surface area contributed by atoms with Gasteiger partial charge >= 0.3 is 0 Å². The minimum absolute atomic E-state index is 0.142. The molecule has 3 aromatic carbocycles. The first kappa shape index (κ1) is 19.0. The molecule has 0 aliphatic carbocycles. The Kier molecular flexibility index (Phi) is 6.15. The standard InChI is InChI=1S/C23H23ClN2O/c1-3-18-9-4-5-12-22(18)25-15-17-8-6-10-19(14-17)23(27)26-21-13-7-11-20(24)16(21)2/h4-14,25H,3,15H2,1-2H3,(H,26,27). The van der Waals surface area contributed by atoms with Crippen LogP contribution in [0.5, 0.6) is 0 Å². The molecule has 0 aliphatic heterocycles. The lowest BCUT2D eigenvalue weighted by Gasteiger charge is -2.12. The van der Waals surface area contributed by atoms with Crippen molar-refractivity contribution in [2.45, 2.75) is 26.8 Å². The van der Waals surface area contributed by atoms with E-state index in [1.165, 1.54) is 5.56 Å². The first-order chi connectivity index (χ1) is 13.1. The predicted octanol–water partition coefficient (Wildman–Crippen LogP) is 6.08. The van der Waals surface area contributed by atoms with Crippen LogP contribution >= 0.6 is 11.6 Å². The Morgan fingerprint density at radius 2 is 1.70 bits per heavy atom. The zero-order valence-corrected chi connectivity index (χ0v) is 16.3. The van der Waals surface area contributed by atoms with Gasteiger partial charge in [0.2, 0.25) is 0 Å². The van der Waals surface area contributed by atoms with Crippen molar-refractivity contribution in [1.82, 2.24) is 0 Å². The van der Waals surface area contributed by atoms with E-state index in [4.69, 9.17) is 11.6 Å². The molecule has 3 nitrogen and oxygen atoms in total. The van der Waals surface area contributed by atoms with Crippen LogP contribution in [0.4, 0.5) is 11.4 Å². The Labute approximate surface area is 165 Å². The molecule has 3 rings (SSSR count). The summed E-state index contributed by atoms with van der Waals surface area (Å²) in [7, 11) is 0. The van der Waals surface area contributed by atoms with Gasteiger partial charge in [0.05, 0.1) is 0 Å². The second-order valence-corrected chi connectivity index (χ2v) is 6.84. The van der Waals surface area contributed by atoms with Crippen molar-refractivity contribution < 1.29 is 4.79 Å². The van der Waals surface area contributed by atoms with E-state index < -0.39 is 0 Å². The van der Waals surface area contributed by atoms with Gasteiger partial charge in [-0.05, 0) is 60.4 Å². The number of halogens is 1. The molecular formula is C23H23ClN2O. The van der Waals surface area contributed by atoms with Crippen LogP contribution < -0.4 is 10.6 Å². The van der Waals surface area contributed by atoms with Gasteiger partial charge in [-0.1, -0.05) is 54.9 Å². The summed E-state index contributed by atoms with van der Waals surface area (Å²) in [5, 5.41) is 7.05.